The summed E-state index contributed by atoms with van der Waals surface area (Å²) in [4.78, 5) is 20.8. The Morgan fingerprint density at radius 3 is 3.04 bits per heavy atom. The van der Waals surface area contributed by atoms with Crippen molar-refractivity contribution in [2.45, 2.75) is 31.0 Å². The number of methoxy groups -OCH3 is 1. The maximum atomic E-state index is 12.2. The van der Waals surface area contributed by atoms with E-state index in [1.807, 2.05) is 13.8 Å². The topological polar surface area (TPSA) is 107 Å². The summed E-state index contributed by atoms with van der Waals surface area (Å²) in [6, 6.07) is 0. The van der Waals surface area contributed by atoms with Gasteiger partial charge in [0.05, 0.1) is 6.61 Å². The van der Waals surface area contributed by atoms with Crippen molar-refractivity contribution in [3.8, 4) is 0 Å². The van der Waals surface area contributed by atoms with Gasteiger partial charge in [-0.1, -0.05) is 23.1 Å². The zero-order valence-corrected chi connectivity index (χ0v) is 16.4. The second-order valence-corrected chi connectivity index (χ2v) is 7.82. The van der Waals surface area contributed by atoms with Crippen LogP contribution < -0.4 is 5.32 Å². The molecule has 0 atom stereocenters. The van der Waals surface area contributed by atoms with Gasteiger partial charge >= 0.3 is 0 Å². The molecule has 3 aromatic heterocycles. The molecule has 3 rings (SSSR count). The van der Waals surface area contributed by atoms with Crippen molar-refractivity contribution in [2.75, 3.05) is 24.8 Å². The van der Waals surface area contributed by atoms with Gasteiger partial charge in [0.25, 0.3) is 5.78 Å². The van der Waals surface area contributed by atoms with Gasteiger partial charge in [0.2, 0.25) is 11.0 Å². The number of aromatic nitrogens is 6. The highest BCUT2D eigenvalue weighted by Crippen LogP contribution is 2.25. The molecule has 26 heavy (non-hydrogen) atoms. The minimum atomic E-state index is -0.105. The molecule has 0 aliphatic heterocycles. The number of fused-ring (bicyclic) bond motifs is 1. The number of anilines is 1. The van der Waals surface area contributed by atoms with E-state index in [1.54, 1.807) is 23.4 Å². The van der Waals surface area contributed by atoms with Crippen LogP contribution in [0.5, 0.6) is 0 Å². The molecular formula is C15H19N7O2S2. The van der Waals surface area contributed by atoms with Crippen LogP contribution in [0.25, 0.3) is 5.78 Å². The van der Waals surface area contributed by atoms with Crippen LogP contribution in [0.15, 0.2) is 10.7 Å². The summed E-state index contributed by atoms with van der Waals surface area (Å²) in [5.41, 5.74) is 2.82. The molecular weight excluding hydrogens is 374 g/mol. The summed E-state index contributed by atoms with van der Waals surface area (Å²) in [6.07, 6.45) is 2.37. The van der Waals surface area contributed by atoms with Crippen molar-refractivity contribution in [2.24, 2.45) is 0 Å². The highest BCUT2D eigenvalue weighted by molar-refractivity contribution is 8.01. The second kappa shape index (κ2) is 8.52. The van der Waals surface area contributed by atoms with Crippen LogP contribution in [0, 0.1) is 13.8 Å². The predicted molar refractivity (Wildman–Crippen MR) is 99.7 cm³/mol. The molecule has 9 nitrogen and oxygen atoms in total. The quantitative estimate of drug-likeness (QED) is 0.351. The number of thioether (sulfide) groups is 1. The molecule has 0 unspecified atom stereocenters. The summed E-state index contributed by atoms with van der Waals surface area (Å²) in [6.45, 7) is 4.52. The normalized spacial score (nSPS) is 11.2. The van der Waals surface area contributed by atoms with E-state index in [-0.39, 0.29) is 5.91 Å². The molecule has 0 spiro atoms. The summed E-state index contributed by atoms with van der Waals surface area (Å²) in [5, 5.41) is 15.5. The van der Waals surface area contributed by atoms with Gasteiger partial charge in [0, 0.05) is 30.7 Å². The highest BCUT2D eigenvalue weighted by atomic mass is 32.2. The maximum Gasteiger partial charge on any atom is 0.252 e. The Labute approximate surface area is 158 Å². The smallest absolute Gasteiger partial charge is 0.252 e. The number of rotatable bonds is 8. The SMILES string of the molecule is COCCSc1nnc(NC(=O)CCc2c(C)nc3ncnn3c2C)s1. The van der Waals surface area contributed by atoms with E-state index in [0.29, 0.717) is 30.4 Å². The van der Waals surface area contributed by atoms with Gasteiger partial charge in [-0.05, 0) is 25.8 Å². The molecule has 0 aliphatic rings. The Bertz CT molecular complexity index is 909. The van der Waals surface area contributed by atoms with E-state index in [2.05, 4.69) is 30.6 Å². The first-order valence-electron chi connectivity index (χ1n) is 7.99. The van der Waals surface area contributed by atoms with Crippen LogP contribution in [0.4, 0.5) is 5.13 Å². The molecule has 1 amide bonds. The Morgan fingerprint density at radius 2 is 2.23 bits per heavy atom. The first-order valence-corrected chi connectivity index (χ1v) is 9.79. The number of aryl methyl sites for hydroxylation is 2. The fourth-order valence-corrected chi connectivity index (χ4v) is 4.21. The fourth-order valence-electron chi connectivity index (χ4n) is 2.47. The van der Waals surface area contributed by atoms with Crippen molar-refractivity contribution < 1.29 is 9.53 Å². The second-order valence-electron chi connectivity index (χ2n) is 5.50. The van der Waals surface area contributed by atoms with Crippen LogP contribution in [-0.4, -0.2) is 55.2 Å². The Balaban J connectivity index is 1.58. The number of carbonyl (C=O) groups excluding carboxylic acids is 1. The number of nitrogens with zero attached hydrogens (tertiary/aromatic N) is 6. The van der Waals surface area contributed by atoms with Crippen LogP contribution in [-0.2, 0) is 16.0 Å². The lowest BCUT2D eigenvalue weighted by atomic mass is 10.1. The fraction of sp³-hybridized carbons (Fsp3) is 0.467. The number of hydrogen-bond acceptors (Lipinski definition) is 9. The van der Waals surface area contributed by atoms with E-state index in [4.69, 9.17) is 4.74 Å². The zero-order chi connectivity index (χ0) is 18.5. The molecule has 0 radical (unpaired) electrons. The Kier molecular flexibility index (Phi) is 6.12. The number of hydrogen-bond donors (Lipinski definition) is 1. The standard InChI is InChI=1S/C15H19N7O2S2/c1-9-11(10(2)22-13(18-9)16-8-17-22)4-5-12(23)19-14-20-21-15(26-14)25-7-6-24-3/h8H,4-7H2,1-3H3,(H,19,20,23). The minimum absolute atomic E-state index is 0.105. The van der Waals surface area contributed by atoms with Gasteiger partial charge in [0.15, 0.2) is 4.34 Å². The summed E-state index contributed by atoms with van der Waals surface area (Å²) < 4.78 is 7.50. The maximum absolute atomic E-state index is 12.2. The number of amides is 1. The van der Waals surface area contributed by atoms with E-state index in [1.165, 1.54) is 17.7 Å². The zero-order valence-electron chi connectivity index (χ0n) is 14.7. The van der Waals surface area contributed by atoms with Crippen molar-refractivity contribution >= 4 is 39.9 Å². The molecule has 0 aliphatic carbocycles. The first-order chi connectivity index (χ1) is 12.6. The third-order valence-corrected chi connectivity index (χ3v) is 5.69. The molecule has 0 fully saturated rings. The van der Waals surface area contributed by atoms with Gasteiger partial charge < -0.3 is 10.1 Å². The number of carbonyl (C=O) groups is 1. The molecule has 0 bridgehead atoms. The van der Waals surface area contributed by atoms with Crippen LogP contribution in [0.3, 0.4) is 0 Å². The number of nitrogens with one attached hydrogen (secondary N) is 1. The molecule has 1 N–H and O–H groups in total. The van der Waals surface area contributed by atoms with Gasteiger partial charge in [0.1, 0.15) is 6.33 Å². The average Bonchev–Trinajstić information content (AvgIpc) is 3.24. The third-order valence-electron chi connectivity index (χ3n) is 3.76. The van der Waals surface area contributed by atoms with Crippen molar-refractivity contribution in [3.05, 3.63) is 23.3 Å². The molecule has 0 saturated heterocycles. The lowest BCUT2D eigenvalue weighted by molar-refractivity contribution is -0.116. The lowest BCUT2D eigenvalue weighted by Crippen LogP contribution is -2.14. The Hall–Kier alpha value is -2.11. The molecule has 0 saturated carbocycles. The number of ether oxygens (including phenoxy) is 1. The van der Waals surface area contributed by atoms with Crippen molar-refractivity contribution in [1.29, 1.82) is 0 Å². The van der Waals surface area contributed by atoms with Crippen LogP contribution in [0.2, 0.25) is 0 Å². The van der Waals surface area contributed by atoms with Gasteiger partial charge in [-0.2, -0.15) is 10.1 Å². The molecule has 3 heterocycles. The average molecular weight is 393 g/mol. The van der Waals surface area contributed by atoms with Gasteiger partial charge in [-0.15, -0.1) is 10.2 Å². The highest BCUT2D eigenvalue weighted by Gasteiger charge is 2.14. The van der Waals surface area contributed by atoms with Gasteiger partial charge in [-0.25, -0.2) is 9.50 Å². The van der Waals surface area contributed by atoms with Gasteiger partial charge in [-0.3, -0.25) is 4.79 Å². The summed E-state index contributed by atoms with van der Waals surface area (Å²) >= 11 is 2.91. The van der Waals surface area contributed by atoms with E-state index >= 15 is 0 Å². The van der Waals surface area contributed by atoms with Crippen LogP contribution in [0.1, 0.15) is 23.4 Å². The Morgan fingerprint density at radius 1 is 1.38 bits per heavy atom. The summed E-state index contributed by atoms with van der Waals surface area (Å²) in [5.74, 6) is 1.27. The summed E-state index contributed by atoms with van der Waals surface area (Å²) in [7, 11) is 1.66. The lowest BCUT2D eigenvalue weighted by Gasteiger charge is -2.09. The first kappa shape index (κ1) is 18.7. The van der Waals surface area contributed by atoms with E-state index in [9.17, 15) is 4.79 Å². The molecule has 11 heteroatoms. The minimum Gasteiger partial charge on any atom is -0.384 e. The predicted octanol–water partition coefficient (Wildman–Crippen LogP) is 1.90. The molecule has 138 valence electrons. The molecule has 0 aromatic carbocycles. The van der Waals surface area contributed by atoms with E-state index < -0.39 is 0 Å². The van der Waals surface area contributed by atoms with Crippen molar-refractivity contribution in [1.82, 2.24) is 29.8 Å². The molecule has 3 aromatic rings. The van der Waals surface area contributed by atoms with E-state index in [0.717, 1.165) is 27.0 Å². The van der Waals surface area contributed by atoms with Crippen LogP contribution >= 0.6 is 23.1 Å². The third kappa shape index (κ3) is 4.34. The largest absolute Gasteiger partial charge is 0.384 e. The van der Waals surface area contributed by atoms with Crippen molar-refractivity contribution in [3.63, 3.8) is 0 Å². The monoisotopic (exact) mass is 393 g/mol.